The molecule has 0 amide bonds. The molecule has 1 atom stereocenters. The zero-order chi connectivity index (χ0) is 13.3. The van der Waals surface area contributed by atoms with E-state index in [4.69, 9.17) is 5.11 Å². The highest BCUT2D eigenvalue weighted by atomic mass is 32.2. The van der Waals surface area contributed by atoms with Gasteiger partial charge in [-0.15, -0.1) is 0 Å². The molecule has 0 spiro atoms. The maximum Gasteiger partial charge on any atom is 0.343 e. The van der Waals surface area contributed by atoms with Gasteiger partial charge in [-0.3, -0.25) is 0 Å². The van der Waals surface area contributed by atoms with Gasteiger partial charge in [0.05, 0.1) is 5.75 Å². The highest BCUT2D eigenvalue weighted by molar-refractivity contribution is 7.71. The van der Waals surface area contributed by atoms with Gasteiger partial charge in [-0.25, -0.2) is 17.6 Å². The minimum absolute atomic E-state index is 0.0376. The van der Waals surface area contributed by atoms with Crippen LogP contribution in [0.25, 0.3) is 10.9 Å². The molecular formula is C11H10FNO4S. The Bertz CT molecular complexity index is 669. The molecule has 1 heterocycles. The highest BCUT2D eigenvalue weighted by Crippen LogP contribution is 2.27. The molecule has 1 aromatic heterocycles. The molecule has 7 heteroatoms. The van der Waals surface area contributed by atoms with Gasteiger partial charge in [0.25, 0.3) is 0 Å². The number of alkyl halides is 1. The predicted molar refractivity (Wildman–Crippen MR) is 63.8 cm³/mol. The van der Waals surface area contributed by atoms with Crippen LogP contribution < -0.4 is 0 Å². The molecule has 0 saturated carbocycles. The lowest BCUT2D eigenvalue weighted by molar-refractivity contribution is -0.142. The van der Waals surface area contributed by atoms with Gasteiger partial charge in [0.15, 0.2) is 0 Å². The molecule has 0 saturated heterocycles. The molecule has 1 aromatic carbocycles. The molecule has 0 aliphatic carbocycles. The molecule has 0 aliphatic heterocycles. The smallest absolute Gasteiger partial charge is 0.343 e. The van der Waals surface area contributed by atoms with Crippen LogP contribution in [0.4, 0.5) is 4.39 Å². The largest absolute Gasteiger partial charge is 0.479 e. The van der Waals surface area contributed by atoms with Crippen molar-refractivity contribution in [2.45, 2.75) is 11.9 Å². The van der Waals surface area contributed by atoms with Crippen molar-refractivity contribution in [3.8, 4) is 0 Å². The van der Waals surface area contributed by atoms with Crippen LogP contribution in [-0.4, -0.2) is 24.5 Å². The topological polar surface area (TPSA) is 87.2 Å². The predicted octanol–water partition coefficient (Wildman–Crippen LogP) is 1.37. The number of fused-ring (bicyclic) bond motifs is 1. The lowest BCUT2D eigenvalue weighted by atomic mass is 10.1. The molecule has 1 unspecified atom stereocenters. The van der Waals surface area contributed by atoms with Crippen LogP contribution in [0.15, 0.2) is 24.4 Å². The van der Waals surface area contributed by atoms with Gasteiger partial charge in [-0.05, 0) is 11.6 Å². The van der Waals surface area contributed by atoms with Crippen LogP contribution in [0.1, 0.15) is 17.3 Å². The minimum atomic E-state index is -2.53. The summed E-state index contributed by atoms with van der Waals surface area (Å²) in [5, 5.41) is 9.06. The fourth-order valence-corrected chi connectivity index (χ4v) is 2.28. The number of aromatic amines is 1. The van der Waals surface area contributed by atoms with Crippen molar-refractivity contribution in [3.63, 3.8) is 0 Å². The SMILES string of the molecule is O=C(O)C(F)c1c[nH]c2cc(C[SH](=O)=O)ccc12. The van der Waals surface area contributed by atoms with E-state index in [1.54, 1.807) is 12.1 Å². The maximum atomic E-state index is 13.4. The van der Waals surface area contributed by atoms with E-state index in [1.807, 2.05) is 0 Å². The van der Waals surface area contributed by atoms with Gasteiger partial charge in [0, 0.05) is 22.7 Å². The monoisotopic (exact) mass is 271 g/mol. The average Bonchev–Trinajstić information content (AvgIpc) is 2.69. The van der Waals surface area contributed by atoms with Gasteiger partial charge in [0.2, 0.25) is 6.17 Å². The number of carbonyl (C=O) groups is 1. The summed E-state index contributed by atoms with van der Waals surface area (Å²) in [6.07, 6.45) is -0.814. The second-order valence-corrected chi connectivity index (χ2v) is 4.80. The van der Waals surface area contributed by atoms with E-state index in [1.165, 1.54) is 12.3 Å². The summed E-state index contributed by atoms with van der Waals surface area (Å²) in [5.74, 6) is -1.65. The molecule has 2 aromatic rings. The summed E-state index contributed by atoms with van der Waals surface area (Å²) < 4.78 is 34.6. The lowest BCUT2D eigenvalue weighted by Crippen LogP contribution is -2.05. The zero-order valence-electron chi connectivity index (χ0n) is 9.09. The van der Waals surface area contributed by atoms with Crippen molar-refractivity contribution in [2.24, 2.45) is 0 Å². The molecular weight excluding hydrogens is 261 g/mol. The standard InChI is InChI=1S/C11H10FNO4S/c12-10(11(14)15)8-4-13-9-3-6(5-18(16)17)1-2-7(8)9/h1-4,10,13,18H,5H2,(H,14,15). The lowest BCUT2D eigenvalue weighted by Gasteiger charge is -2.01. The Balaban J connectivity index is 2.46. The number of hydrogen-bond donors (Lipinski definition) is 3. The van der Waals surface area contributed by atoms with Crippen molar-refractivity contribution in [1.29, 1.82) is 0 Å². The van der Waals surface area contributed by atoms with Crippen LogP contribution in [0.5, 0.6) is 0 Å². The normalized spacial score (nSPS) is 13.0. The van der Waals surface area contributed by atoms with Crippen LogP contribution in [-0.2, 0) is 21.3 Å². The van der Waals surface area contributed by atoms with Crippen LogP contribution >= 0.6 is 0 Å². The number of aromatic nitrogens is 1. The van der Waals surface area contributed by atoms with E-state index < -0.39 is 22.8 Å². The Morgan fingerprint density at radius 1 is 1.44 bits per heavy atom. The van der Waals surface area contributed by atoms with Crippen molar-refractivity contribution in [1.82, 2.24) is 4.98 Å². The summed E-state index contributed by atoms with van der Waals surface area (Å²) >= 11 is 0. The Hall–Kier alpha value is -1.89. The first-order valence-corrected chi connectivity index (χ1v) is 6.44. The van der Waals surface area contributed by atoms with E-state index in [9.17, 15) is 17.6 Å². The van der Waals surface area contributed by atoms with Crippen molar-refractivity contribution < 1.29 is 22.7 Å². The molecule has 2 N–H and O–H groups in total. The molecule has 0 aliphatic rings. The summed E-state index contributed by atoms with van der Waals surface area (Å²) in [6.45, 7) is 0. The first-order valence-electron chi connectivity index (χ1n) is 5.07. The molecule has 0 fully saturated rings. The number of aliphatic carboxylic acids is 1. The summed E-state index contributed by atoms with van der Waals surface area (Å²) in [4.78, 5) is 13.3. The van der Waals surface area contributed by atoms with Crippen molar-refractivity contribution in [2.75, 3.05) is 0 Å². The Morgan fingerprint density at radius 3 is 2.78 bits per heavy atom. The average molecular weight is 271 g/mol. The van der Waals surface area contributed by atoms with E-state index in [-0.39, 0.29) is 11.3 Å². The Morgan fingerprint density at radius 2 is 2.17 bits per heavy atom. The number of H-pyrrole nitrogens is 1. The van der Waals surface area contributed by atoms with Gasteiger partial charge in [0.1, 0.15) is 10.7 Å². The number of hydrogen-bond acceptors (Lipinski definition) is 3. The number of nitrogens with one attached hydrogen (secondary N) is 1. The first-order chi connectivity index (χ1) is 8.49. The molecule has 0 bridgehead atoms. The third-order valence-corrected chi connectivity index (χ3v) is 3.20. The number of carboxylic acid groups (broad SMARTS) is 1. The Labute approximate surface area is 103 Å². The fourth-order valence-electron chi connectivity index (χ4n) is 1.79. The van der Waals surface area contributed by atoms with E-state index >= 15 is 0 Å². The highest BCUT2D eigenvalue weighted by Gasteiger charge is 2.21. The summed E-state index contributed by atoms with van der Waals surface area (Å²) in [6, 6.07) is 4.63. The van der Waals surface area contributed by atoms with Gasteiger partial charge in [-0.2, -0.15) is 0 Å². The van der Waals surface area contributed by atoms with Crippen molar-refractivity contribution >= 4 is 27.6 Å². The number of rotatable bonds is 4. The third-order valence-electron chi connectivity index (χ3n) is 2.58. The molecule has 96 valence electrons. The van der Waals surface area contributed by atoms with Crippen LogP contribution in [0.3, 0.4) is 0 Å². The number of halogens is 1. The second-order valence-electron chi connectivity index (χ2n) is 3.82. The van der Waals surface area contributed by atoms with Crippen LogP contribution in [0, 0.1) is 0 Å². The fraction of sp³-hybridized carbons (Fsp3) is 0.182. The van der Waals surface area contributed by atoms with Crippen molar-refractivity contribution in [3.05, 3.63) is 35.5 Å². The first kappa shape index (κ1) is 12.6. The van der Waals surface area contributed by atoms with E-state index in [0.717, 1.165) is 0 Å². The van der Waals surface area contributed by atoms with E-state index in [2.05, 4.69) is 4.98 Å². The quantitative estimate of drug-likeness (QED) is 0.733. The number of carboxylic acids is 1. The molecule has 18 heavy (non-hydrogen) atoms. The number of thiol groups is 1. The van der Waals surface area contributed by atoms with Gasteiger partial charge >= 0.3 is 5.97 Å². The second kappa shape index (κ2) is 4.77. The molecule has 2 rings (SSSR count). The number of benzene rings is 1. The summed E-state index contributed by atoms with van der Waals surface area (Å²) in [5.41, 5.74) is 1.12. The van der Waals surface area contributed by atoms with E-state index in [0.29, 0.717) is 16.5 Å². The minimum Gasteiger partial charge on any atom is -0.479 e. The zero-order valence-corrected chi connectivity index (χ0v) is 9.99. The Kier molecular flexibility index (Phi) is 3.33. The van der Waals surface area contributed by atoms with Crippen LogP contribution in [0.2, 0.25) is 0 Å². The summed E-state index contributed by atoms with van der Waals surface area (Å²) in [7, 11) is -2.53. The molecule has 5 nitrogen and oxygen atoms in total. The third kappa shape index (κ3) is 2.35. The molecule has 0 radical (unpaired) electrons. The van der Waals surface area contributed by atoms with Gasteiger partial charge < -0.3 is 10.1 Å². The van der Waals surface area contributed by atoms with Gasteiger partial charge in [-0.1, -0.05) is 12.1 Å². The maximum absolute atomic E-state index is 13.4.